The summed E-state index contributed by atoms with van der Waals surface area (Å²) in [6.45, 7) is 14.1. The van der Waals surface area contributed by atoms with Gasteiger partial charge in [-0.25, -0.2) is 0 Å². The quantitative estimate of drug-likeness (QED) is 0.0605. The number of carboxylic acid groups (broad SMARTS) is 1. The Morgan fingerprint density at radius 1 is 0.855 bits per heavy atom. The Balaban J connectivity index is 1.69. The number of unbranched alkanes of at least 4 members (excludes halogenated alkanes) is 2. The molecule has 2 aliphatic rings. The minimum Gasteiger partial charge on any atom is -0.481 e. The highest BCUT2D eigenvalue weighted by Gasteiger charge is 2.44. The predicted molar refractivity (Wildman–Crippen MR) is 268 cm³/mol. The van der Waals surface area contributed by atoms with Crippen LogP contribution in [0, 0.1) is 41.4 Å². The van der Waals surface area contributed by atoms with E-state index in [-0.39, 0.29) is 103 Å². The molecule has 2 fully saturated rings. The minimum absolute atomic E-state index is 0.0443. The summed E-state index contributed by atoms with van der Waals surface area (Å²) < 4.78 is 12.0. The highest BCUT2D eigenvalue weighted by atomic mass is 32.2. The van der Waals surface area contributed by atoms with Crippen molar-refractivity contribution in [3.05, 3.63) is 35.9 Å². The third-order valence-corrected chi connectivity index (χ3v) is 15.5. The SMILES string of the molecule is CC[C@H](C)[C@@H]([C@@H](CC(=O)N1CCC[C@H]1[C@H](OC)[C@@H](C)C(=O)C[C@@H](Cc1ccccc1)C(=O)O)OC)N(C)C(=O)[C@@H](CC(=O)[C@H](C(C)C)N(C)C(=O)CCCCCN1C(=O)CC(CSC)C1=O)C(C)C. The van der Waals surface area contributed by atoms with Crippen molar-refractivity contribution in [1.82, 2.24) is 19.6 Å². The van der Waals surface area contributed by atoms with Crippen molar-refractivity contribution >= 4 is 58.8 Å². The van der Waals surface area contributed by atoms with Gasteiger partial charge in [-0.1, -0.05) is 91.6 Å². The van der Waals surface area contributed by atoms with Crippen LogP contribution in [0.2, 0.25) is 0 Å². The molecule has 1 N–H and O–H groups in total. The molecule has 2 aliphatic heterocycles. The molecule has 0 radical (unpaired) electrons. The molecule has 69 heavy (non-hydrogen) atoms. The third kappa shape index (κ3) is 16.2. The second kappa shape index (κ2) is 28.6. The van der Waals surface area contributed by atoms with Crippen LogP contribution in [0.25, 0.3) is 0 Å². The molecule has 1 aromatic carbocycles. The van der Waals surface area contributed by atoms with Crippen molar-refractivity contribution in [2.24, 2.45) is 41.4 Å². The van der Waals surface area contributed by atoms with Gasteiger partial charge >= 0.3 is 5.97 Å². The number of likely N-dealkylation sites (N-methyl/N-ethyl adjacent to an activating group) is 2. The van der Waals surface area contributed by atoms with Crippen LogP contribution >= 0.6 is 11.8 Å². The van der Waals surface area contributed by atoms with E-state index in [1.807, 2.05) is 78.1 Å². The fourth-order valence-electron chi connectivity index (χ4n) is 10.5. The van der Waals surface area contributed by atoms with E-state index in [0.717, 1.165) is 5.56 Å². The molecule has 0 bridgehead atoms. The van der Waals surface area contributed by atoms with E-state index in [0.29, 0.717) is 57.4 Å². The van der Waals surface area contributed by atoms with E-state index in [2.05, 4.69) is 0 Å². The van der Waals surface area contributed by atoms with Gasteiger partial charge in [0.15, 0.2) is 5.78 Å². The van der Waals surface area contributed by atoms with Crippen LogP contribution in [0.1, 0.15) is 125 Å². The van der Waals surface area contributed by atoms with Crippen molar-refractivity contribution in [2.75, 3.05) is 53.4 Å². The summed E-state index contributed by atoms with van der Waals surface area (Å²) in [6.07, 6.45) is 4.68. The highest BCUT2D eigenvalue weighted by Crippen LogP contribution is 2.32. The average molecular weight is 985 g/mol. The second-order valence-corrected chi connectivity index (χ2v) is 21.2. The third-order valence-electron chi connectivity index (χ3n) is 14.8. The average Bonchev–Trinajstić information content (AvgIpc) is 3.90. The number of ether oxygens (including phenoxy) is 2. The fraction of sp³-hybridized carbons (Fsp3) is 0.736. The number of likely N-dealkylation sites (tertiary alicyclic amines) is 2. The maximum Gasteiger partial charge on any atom is 0.307 e. The van der Waals surface area contributed by atoms with E-state index in [4.69, 9.17) is 9.47 Å². The van der Waals surface area contributed by atoms with Gasteiger partial charge in [-0.05, 0) is 61.7 Å². The number of ketones is 2. The molecule has 1 unspecified atom stereocenters. The molecule has 2 heterocycles. The highest BCUT2D eigenvalue weighted by molar-refractivity contribution is 7.98. The molecular weight excluding hydrogens is 901 g/mol. The first kappa shape index (κ1) is 59.2. The molecule has 2 saturated heterocycles. The number of rotatable bonds is 31. The fourth-order valence-corrected chi connectivity index (χ4v) is 11.2. The number of Topliss-reactive ketones (excluding diaryl/α,β-unsaturated/α-hetero) is 2. The summed E-state index contributed by atoms with van der Waals surface area (Å²) in [5.41, 5.74) is 0.830. The number of nitrogens with zero attached hydrogens (tertiary/aromatic N) is 4. The lowest BCUT2D eigenvalue weighted by molar-refractivity contribution is -0.150. The zero-order chi connectivity index (χ0) is 51.7. The van der Waals surface area contributed by atoms with Crippen LogP contribution < -0.4 is 0 Å². The molecule has 3 rings (SSSR count). The lowest BCUT2D eigenvalue weighted by atomic mass is 9.83. The summed E-state index contributed by atoms with van der Waals surface area (Å²) in [7, 11) is 6.38. The maximum atomic E-state index is 14.7. The molecule has 0 aliphatic carbocycles. The Bertz CT molecular complexity index is 1880. The number of carbonyl (C=O) groups is 8. The maximum absolute atomic E-state index is 14.7. The number of carboxylic acids is 1. The standard InChI is InChI=1S/C53H84N4O11S/c1-13-35(6)49(44(67-10)31-47(62)56-26-20-23-41(56)50(68-11)36(7)42(58)28-38(53(65)66)27-37-21-16-14-17-22-37)55(9)52(64)40(33(2)3)30-43(59)48(34(4)5)54(8)45(60)24-18-15-19-25-57-46(61)29-39(32-69-12)51(57)63/h14,16-17,21-22,33-36,38-41,44,48-50H,13,15,18-20,23-32H2,1-12H3,(H,65,66)/t35-,36-,38+,39?,40-,41-,44+,48-,49-,50+/m0/s1. The minimum atomic E-state index is -1.05. The lowest BCUT2D eigenvalue weighted by Crippen LogP contribution is -2.54. The van der Waals surface area contributed by atoms with Crippen molar-refractivity contribution in [1.29, 1.82) is 0 Å². The number of amides is 5. The van der Waals surface area contributed by atoms with Gasteiger partial charge in [0.2, 0.25) is 29.5 Å². The summed E-state index contributed by atoms with van der Waals surface area (Å²) in [4.78, 5) is 114. The van der Waals surface area contributed by atoms with Crippen LogP contribution in [0.15, 0.2) is 30.3 Å². The molecule has 0 aromatic heterocycles. The van der Waals surface area contributed by atoms with Crippen LogP contribution in [0.3, 0.4) is 0 Å². The van der Waals surface area contributed by atoms with E-state index in [1.165, 1.54) is 24.0 Å². The number of thioether (sulfide) groups is 1. The molecule has 5 amide bonds. The second-order valence-electron chi connectivity index (χ2n) is 20.2. The normalized spacial score (nSPS) is 19.8. The van der Waals surface area contributed by atoms with Gasteiger partial charge in [0.05, 0.1) is 48.6 Å². The molecule has 388 valence electrons. The zero-order valence-electron chi connectivity index (χ0n) is 43.6. The number of carbonyl (C=O) groups excluding carboxylic acids is 7. The topological polar surface area (TPSA) is 188 Å². The van der Waals surface area contributed by atoms with Crippen molar-refractivity contribution < 1.29 is 52.9 Å². The van der Waals surface area contributed by atoms with E-state index in [9.17, 15) is 43.5 Å². The van der Waals surface area contributed by atoms with E-state index >= 15 is 0 Å². The van der Waals surface area contributed by atoms with Gasteiger partial charge in [0.1, 0.15) is 5.78 Å². The number of hydrogen-bond acceptors (Lipinski definition) is 11. The number of imide groups is 1. The molecule has 15 nitrogen and oxygen atoms in total. The van der Waals surface area contributed by atoms with Gasteiger partial charge in [0.25, 0.3) is 0 Å². The lowest BCUT2D eigenvalue weighted by Gasteiger charge is -2.41. The Morgan fingerprint density at radius 2 is 1.52 bits per heavy atom. The molecule has 10 atom stereocenters. The smallest absolute Gasteiger partial charge is 0.307 e. The summed E-state index contributed by atoms with van der Waals surface area (Å²) >= 11 is 1.55. The van der Waals surface area contributed by atoms with Gasteiger partial charge in [-0.2, -0.15) is 11.8 Å². The number of benzene rings is 1. The van der Waals surface area contributed by atoms with Gasteiger partial charge < -0.3 is 29.3 Å². The largest absolute Gasteiger partial charge is 0.481 e. The first-order chi connectivity index (χ1) is 32.6. The molecule has 0 spiro atoms. The molecule has 0 saturated carbocycles. The Hall–Kier alpha value is -4.15. The monoisotopic (exact) mass is 985 g/mol. The van der Waals surface area contributed by atoms with Crippen LogP contribution in [-0.2, 0) is 54.3 Å². The van der Waals surface area contributed by atoms with Gasteiger partial charge in [-0.3, -0.25) is 43.3 Å². The van der Waals surface area contributed by atoms with Gasteiger partial charge in [0, 0.05) is 84.7 Å². The number of aliphatic carboxylic acids is 1. The summed E-state index contributed by atoms with van der Waals surface area (Å²) in [5, 5.41) is 10.0. The summed E-state index contributed by atoms with van der Waals surface area (Å²) in [5.74, 6) is -4.88. The Labute approximate surface area is 416 Å². The first-order valence-electron chi connectivity index (χ1n) is 25.2. The van der Waals surface area contributed by atoms with Crippen LogP contribution in [0.4, 0.5) is 0 Å². The first-order valence-corrected chi connectivity index (χ1v) is 26.6. The Morgan fingerprint density at radius 3 is 2.09 bits per heavy atom. The predicted octanol–water partition coefficient (Wildman–Crippen LogP) is 6.82. The molecule has 16 heteroatoms. The molecular formula is C53H84N4O11S. The zero-order valence-corrected chi connectivity index (χ0v) is 44.5. The number of hydrogen-bond donors (Lipinski definition) is 1. The van der Waals surface area contributed by atoms with Crippen molar-refractivity contribution in [2.45, 2.75) is 156 Å². The van der Waals surface area contributed by atoms with Crippen molar-refractivity contribution in [3.63, 3.8) is 0 Å². The van der Waals surface area contributed by atoms with Crippen LogP contribution in [-0.4, -0.2) is 156 Å². The van der Waals surface area contributed by atoms with E-state index < -0.39 is 54.1 Å². The summed E-state index contributed by atoms with van der Waals surface area (Å²) in [6, 6.07) is 7.49. The van der Waals surface area contributed by atoms with E-state index in [1.54, 1.807) is 42.6 Å². The number of methoxy groups -OCH3 is 2. The molecule has 1 aromatic rings. The van der Waals surface area contributed by atoms with Crippen LogP contribution in [0.5, 0.6) is 0 Å². The van der Waals surface area contributed by atoms with Gasteiger partial charge in [-0.15, -0.1) is 0 Å². The van der Waals surface area contributed by atoms with Crippen molar-refractivity contribution in [3.8, 4) is 0 Å². The Kier molecular flexibility index (Phi) is 24.6.